The molecule has 0 saturated carbocycles. The molecule has 1 N–H and O–H groups in total. The predicted molar refractivity (Wildman–Crippen MR) is 101 cm³/mol. The minimum absolute atomic E-state index is 0.412. The first kappa shape index (κ1) is 17.5. The number of pyridine rings is 1. The predicted octanol–water partition coefficient (Wildman–Crippen LogP) is 5.11. The monoisotopic (exact) mass is 383 g/mol. The number of nitrogens with one attached hydrogen (secondary N) is 1. The van der Waals surface area contributed by atoms with E-state index in [1.165, 1.54) is 11.8 Å². The standard InChI is InChI=1S/C20H15F2N3OS/c21-16-9-18-19(10-17(16)22)25-20(24-18)27-12-13-4-6-15(7-5-13)26-11-14-3-1-2-8-23-14/h1-10H,11-12H2,(H,24,25). The number of hydrogen-bond acceptors (Lipinski definition) is 4. The van der Waals surface area contributed by atoms with Crippen molar-refractivity contribution in [3.63, 3.8) is 0 Å². The van der Waals surface area contributed by atoms with E-state index >= 15 is 0 Å². The quantitative estimate of drug-likeness (QED) is 0.470. The molecule has 0 fully saturated rings. The Morgan fingerprint density at radius 2 is 1.81 bits per heavy atom. The van der Waals surface area contributed by atoms with Gasteiger partial charge in [-0.2, -0.15) is 0 Å². The third-order valence-corrected chi connectivity index (χ3v) is 4.86. The van der Waals surface area contributed by atoms with Gasteiger partial charge in [-0.1, -0.05) is 30.0 Å². The van der Waals surface area contributed by atoms with Gasteiger partial charge in [0.1, 0.15) is 12.4 Å². The van der Waals surface area contributed by atoms with Crippen molar-refractivity contribution in [2.75, 3.05) is 0 Å². The van der Waals surface area contributed by atoms with Gasteiger partial charge >= 0.3 is 0 Å². The van der Waals surface area contributed by atoms with Crippen LogP contribution in [0.3, 0.4) is 0 Å². The molecule has 0 spiro atoms. The second-order valence-electron chi connectivity index (χ2n) is 5.87. The SMILES string of the molecule is Fc1cc2nc(SCc3ccc(OCc4ccccn4)cc3)[nH]c2cc1F. The first-order chi connectivity index (χ1) is 13.2. The zero-order valence-electron chi connectivity index (χ0n) is 14.2. The summed E-state index contributed by atoms with van der Waals surface area (Å²) in [5.41, 5.74) is 2.85. The van der Waals surface area contributed by atoms with Gasteiger partial charge in [-0.3, -0.25) is 4.98 Å². The Bertz CT molecular complexity index is 1010. The van der Waals surface area contributed by atoms with E-state index in [2.05, 4.69) is 15.0 Å². The summed E-state index contributed by atoms with van der Waals surface area (Å²) in [6.45, 7) is 0.418. The molecule has 0 aliphatic carbocycles. The van der Waals surface area contributed by atoms with Gasteiger partial charge in [-0.25, -0.2) is 13.8 Å². The highest BCUT2D eigenvalue weighted by Gasteiger charge is 2.09. The van der Waals surface area contributed by atoms with Crippen molar-refractivity contribution in [3.8, 4) is 5.75 Å². The molecule has 2 aromatic heterocycles. The highest BCUT2D eigenvalue weighted by atomic mass is 32.2. The van der Waals surface area contributed by atoms with Gasteiger partial charge in [-0.15, -0.1) is 0 Å². The Morgan fingerprint density at radius 1 is 1.00 bits per heavy atom. The average molecular weight is 383 g/mol. The lowest BCUT2D eigenvalue weighted by molar-refractivity contribution is 0.301. The van der Waals surface area contributed by atoms with Gasteiger partial charge < -0.3 is 9.72 Å². The Labute approximate surface area is 158 Å². The summed E-state index contributed by atoms with van der Waals surface area (Å²) in [5, 5.41) is 0.616. The smallest absolute Gasteiger partial charge is 0.166 e. The number of halogens is 2. The van der Waals surface area contributed by atoms with Crippen molar-refractivity contribution < 1.29 is 13.5 Å². The van der Waals surface area contributed by atoms with Crippen LogP contribution in [0.5, 0.6) is 5.75 Å². The number of fused-ring (bicyclic) bond motifs is 1. The van der Waals surface area contributed by atoms with Crippen molar-refractivity contribution in [2.24, 2.45) is 0 Å². The molecule has 0 bridgehead atoms. The molecule has 2 aromatic carbocycles. The van der Waals surface area contributed by atoms with Crippen LogP contribution in [0, 0.1) is 11.6 Å². The number of aromatic nitrogens is 3. The van der Waals surface area contributed by atoms with Gasteiger partial charge in [0.25, 0.3) is 0 Å². The maximum absolute atomic E-state index is 13.3. The van der Waals surface area contributed by atoms with Crippen LogP contribution >= 0.6 is 11.8 Å². The van der Waals surface area contributed by atoms with Crippen molar-refractivity contribution in [3.05, 3.63) is 83.7 Å². The van der Waals surface area contributed by atoms with E-state index in [0.717, 1.165) is 29.1 Å². The third-order valence-electron chi connectivity index (χ3n) is 3.91. The molecular weight excluding hydrogens is 368 g/mol. The molecule has 4 nitrogen and oxygen atoms in total. The lowest BCUT2D eigenvalue weighted by atomic mass is 10.2. The number of nitrogens with zero attached hydrogens (tertiary/aromatic N) is 2. The van der Waals surface area contributed by atoms with Crippen LogP contribution in [0.4, 0.5) is 8.78 Å². The molecule has 0 amide bonds. The molecule has 4 rings (SSSR count). The Morgan fingerprint density at radius 3 is 2.59 bits per heavy atom. The average Bonchev–Trinajstić information content (AvgIpc) is 3.08. The van der Waals surface area contributed by atoms with Crippen LogP contribution in [-0.4, -0.2) is 15.0 Å². The van der Waals surface area contributed by atoms with Crippen LogP contribution in [-0.2, 0) is 12.4 Å². The lowest BCUT2D eigenvalue weighted by Crippen LogP contribution is -1.97. The summed E-state index contributed by atoms with van der Waals surface area (Å²) < 4.78 is 32.3. The molecule has 0 radical (unpaired) electrons. The van der Waals surface area contributed by atoms with E-state index in [0.29, 0.717) is 28.5 Å². The minimum Gasteiger partial charge on any atom is -0.487 e. The zero-order valence-corrected chi connectivity index (χ0v) is 15.0. The fraction of sp³-hybridized carbons (Fsp3) is 0.100. The number of H-pyrrole nitrogens is 1. The van der Waals surface area contributed by atoms with Gasteiger partial charge in [-0.05, 0) is 29.8 Å². The van der Waals surface area contributed by atoms with Crippen LogP contribution in [0.15, 0.2) is 66.0 Å². The number of thioether (sulfide) groups is 1. The van der Waals surface area contributed by atoms with E-state index in [-0.39, 0.29) is 0 Å². The first-order valence-electron chi connectivity index (χ1n) is 8.26. The number of hydrogen-bond donors (Lipinski definition) is 1. The van der Waals surface area contributed by atoms with Crippen LogP contribution in [0.25, 0.3) is 11.0 Å². The van der Waals surface area contributed by atoms with Gasteiger partial charge in [0.15, 0.2) is 16.8 Å². The summed E-state index contributed by atoms with van der Waals surface area (Å²) >= 11 is 1.46. The highest BCUT2D eigenvalue weighted by molar-refractivity contribution is 7.98. The Hall–Kier alpha value is -2.93. The molecule has 0 aliphatic heterocycles. The molecule has 2 heterocycles. The second kappa shape index (κ2) is 7.75. The maximum Gasteiger partial charge on any atom is 0.166 e. The molecular formula is C20H15F2N3OS. The van der Waals surface area contributed by atoms with Crippen molar-refractivity contribution in [1.82, 2.24) is 15.0 Å². The molecule has 136 valence electrons. The third kappa shape index (κ3) is 4.25. The van der Waals surface area contributed by atoms with Crippen LogP contribution in [0.2, 0.25) is 0 Å². The molecule has 4 aromatic rings. The largest absolute Gasteiger partial charge is 0.487 e. The fourth-order valence-electron chi connectivity index (χ4n) is 2.52. The van der Waals surface area contributed by atoms with E-state index in [4.69, 9.17) is 4.74 Å². The van der Waals surface area contributed by atoms with Gasteiger partial charge in [0.05, 0.1) is 16.7 Å². The topological polar surface area (TPSA) is 50.8 Å². The van der Waals surface area contributed by atoms with Crippen molar-refractivity contribution >= 4 is 22.8 Å². The van der Waals surface area contributed by atoms with E-state index in [9.17, 15) is 8.78 Å². The minimum atomic E-state index is -0.896. The number of ether oxygens (including phenoxy) is 1. The number of rotatable bonds is 6. The number of aromatic amines is 1. The van der Waals surface area contributed by atoms with Crippen molar-refractivity contribution in [1.29, 1.82) is 0 Å². The normalized spacial score (nSPS) is 11.0. The number of benzene rings is 2. The summed E-state index contributed by atoms with van der Waals surface area (Å²) in [4.78, 5) is 11.5. The molecule has 0 unspecified atom stereocenters. The van der Waals surface area contributed by atoms with E-state index in [1.807, 2.05) is 42.5 Å². The Balaban J connectivity index is 1.36. The maximum atomic E-state index is 13.3. The summed E-state index contributed by atoms with van der Waals surface area (Å²) in [5.74, 6) is -0.342. The summed E-state index contributed by atoms with van der Waals surface area (Å²) in [6, 6.07) is 15.7. The van der Waals surface area contributed by atoms with E-state index < -0.39 is 11.6 Å². The molecule has 0 aliphatic rings. The molecule has 0 saturated heterocycles. The molecule has 0 atom stereocenters. The fourth-order valence-corrected chi connectivity index (χ4v) is 3.37. The Kier molecular flexibility index (Phi) is 5.02. The number of imidazole rings is 1. The lowest BCUT2D eigenvalue weighted by Gasteiger charge is -2.06. The summed E-state index contributed by atoms with van der Waals surface area (Å²) in [7, 11) is 0. The first-order valence-corrected chi connectivity index (χ1v) is 9.25. The van der Waals surface area contributed by atoms with Gasteiger partial charge in [0.2, 0.25) is 0 Å². The van der Waals surface area contributed by atoms with Gasteiger partial charge in [0, 0.05) is 24.1 Å². The summed E-state index contributed by atoms with van der Waals surface area (Å²) in [6.07, 6.45) is 1.74. The zero-order chi connectivity index (χ0) is 18.6. The van der Waals surface area contributed by atoms with Crippen LogP contribution in [0.1, 0.15) is 11.3 Å². The van der Waals surface area contributed by atoms with E-state index in [1.54, 1.807) is 6.20 Å². The highest BCUT2D eigenvalue weighted by Crippen LogP contribution is 2.25. The molecule has 7 heteroatoms. The van der Waals surface area contributed by atoms with Crippen LogP contribution < -0.4 is 4.74 Å². The van der Waals surface area contributed by atoms with Crippen molar-refractivity contribution in [2.45, 2.75) is 17.5 Å². The second-order valence-corrected chi connectivity index (χ2v) is 6.83. The molecule has 27 heavy (non-hydrogen) atoms.